The number of ketones is 1. The van der Waals surface area contributed by atoms with Crippen LogP contribution < -0.4 is 5.32 Å². The van der Waals surface area contributed by atoms with E-state index in [0.29, 0.717) is 0 Å². The number of hydrogen-bond acceptors (Lipinski definition) is 7. The largest absolute Gasteiger partial charge is 0.477 e. The summed E-state index contributed by atoms with van der Waals surface area (Å²) in [6, 6.07) is -0.887. The second kappa shape index (κ2) is 7.66. The summed E-state index contributed by atoms with van der Waals surface area (Å²) in [5.74, 6) is -4.75. The SMILES string of the molecule is O=C(CCCC(=O)C(=O)O)N[C@@H]1C(=O)N2C(C(=O)O)=C(CO)CS[C@H]12. The van der Waals surface area contributed by atoms with E-state index < -0.39 is 47.6 Å². The Labute approximate surface area is 145 Å². The number of Topliss-reactive ketones (excluding diaryl/α,β-unsaturated/α-hetero) is 1. The van der Waals surface area contributed by atoms with Crippen molar-refractivity contribution in [1.29, 1.82) is 0 Å². The molecule has 136 valence electrons. The highest BCUT2D eigenvalue weighted by molar-refractivity contribution is 8.00. The van der Waals surface area contributed by atoms with Gasteiger partial charge in [0.15, 0.2) is 0 Å². The molecular formula is C14H16N2O8S. The lowest BCUT2D eigenvalue weighted by atomic mass is 10.0. The first-order chi connectivity index (χ1) is 11.8. The minimum Gasteiger partial charge on any atom is -0.477 e. The van der Waals surface area contributed by atoms with E-state index in [0.717, 1.165) is 4.90 Å². The lowest BCUT2D eigenvalue weighted by Crippen LogP contribution is -2.70. The number of aliphatic hydroxyl groups excluding tert-OH is 1. The molecule has 2 amide bonds. The van der Waals surface area contributed by atoms with Crippen LogP contribution in [0.4, 0.5) is 0 Å². The van der Waals surface area contributed by atoms with Crippen LogP contribution in [0.15, 0.2) is 11.3 Å². The van der Waals surface area contributed by atoms with Crippen molar-refractivity contribution < 1.29 is 39.3 Å². The van der Waals surface area contributed by atoms with Crippen LogP contribution in [-0.4, -0.2) is 73.5 Å². The zero-order chi connectivity index (χ0) is 18.7. The van der Waals surface area contributed by atoms with E-state index in [1.54, 1.807) is 0 Å². The Balaban J connectivity index is 1.92. The van der Waals surface area contributed by atoms with Crippen LogP contribution in [0.5, 0.6) is 0 Å². The molecule has 0 bridgehead atoms. The Morgan fingerprint density at radius 3 is 2.44 bits per heavy atom. The lowest BCUT2D eigenvalue weighted by molar-refractivity contribution is -0.151. The van der Waals surface area contributed by atoms with Crippen LogP contribution >= 0.6 is 11.8 Å². The molecule has 11 heteroatoms. The summed E-state index contributed by atoms with van der Waals surface area (Å²) in [4.78, 5) is 57.7. The number of rotatable bonds is 8. The van der Waals surface area contributed by atoms with E-state index in [2.05, 4.69) is 5.32 Å². The number of nitrogens with one attached hydrogen (secondary N) is 1. The van der Waals surface area contributed by atoms with Crippen molar-refractivity contribution in [2.45, 2.75) is 30.7 Å². The third-order valence-corrected chi connectivity index (χ3v) is 5.14. The van der Waals surface area contributed by atoms with Gasteiger partial charge >= 0.3 is 11.9 Å². The van der Waals surface area contributed by atoms with E-state index in [1.165, 1.54) is 11.8 Å². The predicted octanol–water partition coefficient (Wildman–Crippen LogP) is -1.46. The molecule has 0 aromatic carbocycles. The molecule has 0 unspecified atom stereocenters. The Bertz CT molecular complexity index is 674. The quantitative estimate of drug-likeness (QED) is 0.295. The van der Waals surface area contributed by atoms with Gasteiger partial charge in [-0.3, -0.25) is 19.3 Å². The van der Waals surface area contributed by atoms with Gasteiger partial charge in [0.2, 0.25) is 11.7 Å². The normalized spacial score (nSPS) is 22.1. The number of nitrogens with zero attached hydrogens (tertiary/aromatic N) is 1. The molecule has 2 aliphatic rings. The van der Waals surface area contributed by atoms with Gasteiger partial charge in [-0.1, -0.05) is 0 Å². The average molecular weight is 372 g/mol. The highest BCUT2D eigenvalue weighted by Crippen LogP contribution is 2.40. The number of amides is 2. The minimum absolute atomic E-state index is 0.0361. The van der Waals surface area contributed by atoms with Gasteiger partial charge in [0, 0.05) is 18.6 Å². The van der Waals surface area contributed by atoms with Crippen molar-refractivity contribution in [2.24, 2.45) is 0 Å². The minimum atomic E-state index is -1.56. The first-order valence-electron chi connectivity index (χ1n) is 7.34. The highest BCUT2D eigenvalue weighted by atomic mass is 32.2. The van der Waals surface area contributed by atoms with Gasteiger partial charge < -0.3 is 20.6 Å². The third-order valence-electron chi connectivity index (χ3n) is 3.80. The summed E-state index contributed by atoms with van der Waals surface area (Å²) >= 11 is 1.23. The predicted molar refractivity (Wildman–Crippen MR) is 83.3 cm³/mol. The standard InChI is InChI=1S/C14H16N2O8S/c17-4-6-5-25-12-9(11(20)16(12)10(6)14(23)24)15-8(19)3-1-2-7(18)13(21)22/h9,12,17H,1-5H2,(H,15,19)(H,21,22)(H,23,24)/t9-,12-/m1/s1. The molecular weight excluding hydrogens is 356 g/mol. The molecule has 2 aliphatic heterocycles. The monoisotopic (exact) mass is 372 g/mol. The fraction of sp³-hybridized carbons (Fsp3) is 0.500. The Hall–Kier alpha value is -2.40. The second-order valence-electron chi connectivity index (χ2n) is 5.45. The lowest BCUT2D eigenvalue weighted by Gasteiger charge is -2.49. The van der Waals surface area contributed by atoms with Gasteiger partial charge in [0.25, 0.3) is 5.91 Å². The summed E-state index contributed by atoms with van der Waals surface area (Å²) in [5, 5.41) is 28.8. The Morgan fingerprint density at radius 2 is 1.88 bits per heavy atom. The fourth-order valence-electron chi connectivity index (χ4n) is 2.57. The molecule has 0 aromatic heterocycles. The van der Waals surface area contributed by atoms with Gasteiger partial charge in [-0.25, -0.2) is 9.59 Å². The molecule has 1 fully saturated rings. The second-order valence-corrected chi connectivity index (χ2v) is 6.56. The van der Waals surface area contributed by atoms with Crippen molar-refractivity contribution in [3.05, 3.63) is 11.3 Å². The summed E-state index contributed by atoms with van der Waals surface area (Å²) in [5.41, 5.74) is -0.0205. The van der Waals surface area contributed by atoms with E-state index in [-0.39, 0.29) is 36.3 Å². The summed E-state index contributed by atoms with van der Waals surface area (Å²) in [7, 11) is 0. The molecule has 2 atom stereocenters. The van der Waals surface area contributed by atoms with Gasteiger partial charge in [0.1, 0.15) is 17.1 Å². The molecule has 1 saturated heterocycles. The zero-order valence-corrected chi connectivity index (χ0v) is 13.7. The molecule has 0 saturated carbocycles. The summed E-state index contributed by atoms with van der Waals surface area (Å²) < 4.78 is 0. The topological polar surface area (TPSA) is 161 Å². The van der Waals surface area contributed by atoms with Gasteiger partial charge in [-0.05, 0) is 12.0 Å². The number of carbonyl (C=O) groups is 5. The van der Waals surface area contributed by atoms with Crippen LogP contribution in [0.1, 0.15) is 19.3 Å². The van der Waals surface area contributed by atoms with Crippen LogP contribution in [0.2, 0.25) is 0 Å². The van der Waals surface area contributed by atoms with Gasteiger partial charge in [-0.2, -0.15) is 0 Å². The van der Waals surface area contributed by atoms with Gasteiger partial charge in [0.05, 0.1) is 6.61 Å². The maximum absolute atomic E-state index is 12.2. The number of β-lactam (4-membered cyclic amide) rings is 1. The maximum Gasteiger partial charge on any atom is 0.372 e. The van der Waals surface area contributed by atoms with Crippen LogP contribution in [0.25, 0.3) is 0 Å². The zero-order valence-electron chi connectivity index (χ0n) is 12.9. The third kappa shape index (κ3) is 3.82. The number of fused-ring (bicyclic) bond motifs is 1. The number of carboxylic acids is 2. The first kappa shape index (κ1) is 18.9. The molecule has 4 N–H and O–H groups in total. The number of carbonyl (C=O) groups excluding carboxylic acids is 3. The maximum atomic E-state index is 12.2. The Morgan fingerprint density at radius 1 is 1.20 bits per heavy atom. The van der Waals surface area contributed by atoms with Crippen molar-refractivity contribution in [3.63, 3.8) is 0 Å². The molecule has 2 heterocycles. The molecule has 2 rings (SSSR count). The number of hydrogen-bond donors (Lipinski definition) is 4. The number of carboxylic acid groups (broad SMARTS) is 2. The van der Waals surface area contributed by atoms with E-state index in [4.69, 9.17) is 5.11 Å². The van der Waals surface area contributed by atoms with Crippen molar-refractivity contribution >= 4 is 41.3 Å². The Kier molecular flexibility index (Phi) is 5.80. The molecule has 0 spiro atoms. The van der Waals surface area contributed by atoms with E-state index >= 15 is 0 Å². The van der Waals surface area contributed by atoms with Crippen molar-refractivity contribution in [1.82, 2.24) is 10.2 Å². The van der Waals surface area contributed by atoms with E-state index in [9.17, 15) is 34.2 Å². The van der Waals surface area contributed by atoms with Crippen molar-refractivity contribution in [3.8, 4) is 0 Å². The van der Waals surface area contributed by atoms with Crippen LogP contribution in [0.3, 0.4) is 0 Å². The first-order valence-corrected chi connectivity index (χ1v) is 8.39. The molecule has 10 nitrogen and oxygen atoms in total. The van der Waals surface area contributed by atoms with Crippen LogP contribution in [-0.2, 0) is 24.0 Å². The number of thioether (sulfide) groups is 1. The van der Waals surface area contributed by atoms with E-state index in [1.807, 2.05) is 0 Å². The summed E-state index contributed by atoms with van der Waals surface area (Å²) in [6.45, 7) is -0.472. The molecule has 0 radical (unpaired) electrons. The molecule has 25 heavy (non-hydrogen) atoms. The summed E-state index contributed by atoms with van der Waals surface area (Å²) in [6.07, 6.45) is -0.366. The smallest absolute Gasteiger partial charge is 0.372 e. The average Bonchev–Trinajstić information content (AvgIpc) is 2.57. The van der Waals surface area contributed by atoms with Gasteiger partial charge in [-0.15, -0.1) is 11.8 Å². The molecule has 0 aromatic rings. The van der Waals surface area contributed by atoms with Crippen LogP contribution in [0, 0.1) is 0 Å². The number of aliphatic hydroxyl groups is 1. The molecule has 0 aliphatic carbocycles. The fourth-order valence-corrected chi connectivity index (χ4v) is 3.90. The highest BCUT2D eigenvalue weighted by Gasteiger charge is 2.53. The number of aliphatic carboxylic acids is 2. The van der Waals surface area contributed by atoms with Crippen molar-refractivity contribution in [2.75, 3.05) is 12.4 Å².